The van der Waals surface area contributed by atoms with Crippen molar-refractivity contribution in [2.45, 2.75) is 32.9 Å². The largest absolute Gasteiger partial charge is 0.312 e. The zero-order valence-corrected chi connectivity index (χ0v) is 13.1. The first-order chi connectivity index (χ1) is 9.08. The van der Waals surface area contributed by atoms with E-state index in [4.69, 9.17) is 23.2 Å². The Morgan fingerprint density at radius 2 is 2.00 bits per heavy atom. The van der Waals surface area contributed by atoms with E-state index in [0.29, 0.717) is 6.04 Å². The van der Waals surface area contributed by atoms with Crippen molar-refractivity contribution in [1.82, 2.24) is 10.2 Å². The smallest absolute Gasteiger partial charge is 0.0465 e. The minimum atomic E-state index is 0.656. The SMILES string of the molecule is CC(C)N1CCC(CNCc2c(Cl)cccc2Cl)C1. The summed E-state index contributed by atoms with van der Waals surface area (Å²) in [6.07, 6.45) is 1.28. The van der Waals surface area contributed by atoms with Gasteiger partial charge in [0, 0.05) is 34.7 Å². The number of likely N-dealkylation sites (tertiary alicyclic amines) is 1. The molecule has 0 amide bonds. The van der Waals surface area contributed by atoms with Gasteiger partial charge in [-0.05, 0) is 51.4 Å². The van der Waals surface area contributed by atoms with Crippen LogP contribution in [0.4, 0.5) is 0 Å². The van der Waals surface area contributed by atoms with E-state index in [2.05, 4.69) is 24.1 Å². The number of nitrogens with one attached hydrogen (secondary N) is 1. The average molecular weight is 301 g/mol. The summed E-state index contributed by atoms with van der Waals surface area (Å²) in [7, 11) is 0. The molecule has 0 spiro atoms. The molecule has 1 N–H and O–H groups in total. The highest BCUT2D eigenvalue weighted by atomic mass is 35.5. The third kappa shape index (κ3) is 4.09. The Kier molecular flexibility index (Phi) is 5.52. The molecule has 1 fully saturated rings. The zero-order chi connectivity index (χ0) is 13.8. The topological polar surface area (TPSA) is 15.3 Å². The van der Waals surface area contributed by atoms with E-state index in [1.807, 2.05) is 18.2 Å². The molecule has 1 aromatic rings. The van der Waals surface area contributed by atoms with Gasteiger partial charge in [0.25, 0.3) is 0 Å². The van der Waals surface area contributed by atoms with Crippen molar-refractivity contribution < 1.29 is 0 Å². The molecule has 0 aromatic heterocycles. The van der Waals surface area contributed by atoms with E-state index in [1.54, 1.807) is 0 Å². The Morgan fingerprint density at radius 1 is 1.32 bits per heavy atom. The second kappa shape index (κ2) is 6.94. The summed E-state index contributed by atoms with van der Waals surface area (Å²) in [5, 5.41) is 4.98. The van der Waals surface area contributed by atoms with E-state index in [1.165, 1.54) is 19.5 Å². The molecule has 1 atom stereocenters. The zero-order valence-electron chi connectivity index (χ0n) is 11.6. The number of halogens is 2. The van der Waals surface area contributed by atoms with Crippen LogP contribution in [-0.2, 0) is 6.54 Å². The lowest BCUT2D eigenvalue weighted by molar-refractivity contribution is 0.264. The van der Waals surface area contributed by atoms with E-state index >= 15 is 0 Å². The molecule has 0 radical (unpaired) electrons. The van der Waals surface area contributed by atoms with Gasteiger partial charge >= 0.3 is 0 Å². The van der Waals surface area contributed by atoms with Crippen LogP contribution >= 0.6 is 23.2 Å². The Bertz CT molecular complexity index is 400. The Balaban J connectivity index is 1.78. The molecule has 0 saturated carbocycles. The lowest BCUT2D eigenvalue weighted by Gasteiger charge is -2.20. The van der Waals surface area contributed by atoms with Gasteiger partial charge in [-0.2, -0.15) is 0 Å². The maximum Gasteiger partial charge on any atom is 0.0465 e. The van der Waals surface area contributed by atoms with Crippen LogP contribution in [-0.4, -0.2) is 30.6 Å². The number of nitrogens with zero attached hydrogens (tertiary/aromatic N) is 1. The highest BCUT2D eigenvalue weighted by Crippen LogP contribution is 2.24. The van der Waals surface area contributed by atoms with Crippen LogP contribution in [0.25, 0.3) is 0 Å². The Morgan fingerprint density at radius 3 is 2.58 bits per heavy atom. The van der Waals surface area contributed by atoms with Gasteiger partial charge in [0.1, 0.15) is 0 Å². The monoisotopic (exact) mass is 300 g/mol. The summed E-state index contributed by atoms with van der Waals surface area (Å²) in [6.45, 7) is 8.72. The summed E-state index contributed by atoms with van der Waals surface area (Å²) in [5.41, 5.74) is 1.00. The molecule has 1 aliphatic rings. The summed E-state index contributed by atoms with van der Waals surface area (Å²) < 4.78 is 0. The van der Waals surface area contributed by atoms with Crippen LogP contribution in [0.3, 0.4) is 0 Å². The fraction of sp³-hybridized carbons (Fsp3) is 0.600. The third-order valence-corrected chi connectivity index (χ3v) is 4.55. The fourth-order valence-electron chi connectivity index (χ4n) is 2.60. The standard InChI is InChI=1S/C15H22Cl2N2/c1-11(2)19-7-6-12(10-19)8-18-9-13-14(16)4-3-5-15(13)17/h3-5,11-12,18H,6-10H2,1-2H3. The number of rotatable bonds is 5. The molecule has 2 rings (SSSR count). The first-order valence-electron chi connectivity index (χ1n) is 6.95. The molecule has 1 heterocycles. The second-order valence-corrected chi connectivity index (χ2v) is 6.39. The molecule has 0 aliphatic carbocycles. The van der Waals surface area contributed by atoms with Crippen LogP contribution in [0, 0.1) is 5.92 Å². The molecular formula is C15H22Cl2N2. The van der Waals surface area contributed by atoms with Gasteiger partial charge in [0.05, 0.1) is 0 Å². The average Bonchev–Trinajstić information content (AvgIpc) is 2.82. The lowest BCUT2D eigenvalue weighted by Crippen LogP contribution is -2.30. The molecule has 19 heavy (non-hydrogen) atoms. The molecule has 1 saturated heterocycles. The maximum atomic E-state index is 6.16. The lowest BCUT2D eigenvalue weighted by atomic mass is 10.1. The van der Waals surface area contributed by atoms with Gasteiger partial charge in [-0.1, -0.05) is 29.3 Å². The number of hydrogen-bond acceptors (Lipinski definition) is 2. The van der Waals surface area contributed by atoms with Gasteiger partial charge in [-0.3, -0.25) is 0 Å². The summed E-state index contributed by atoms with van der Waals surface area (Å²) >= 11 is 12.3. The third-order valence-electron chi connectivity index (χ3n) is 3.84. The van der Waals surface area contributed by atoms with Gasteiger partial charge in [0.2, 0.25) is 0 Å². The normalized spacial score (nSPS) is 20.4. The van der Waals surface area contributed by atoms with Crippen molar-refractivity contribution >= 4 is 23.2 Å². The summed E-state index contributed by atoms with van der Waals surface area (Å²) in [5.74, 6) is 0.740. The van der Waals surface area contributed by atoms with E-state index in [-0.39, 0.29) is 0 Å². The van der Waals surface area contributed by atoms with Crippen molar-refractivity contribution in [3.63, 3.8) is 0 Å². The quantitative estimate of drug-likeness (QED) is 0.889. The molecule has 1 aromatic carbocycles. The minimum Gasteiger partial charge on any atom is -0.312 e. The van der Waals surface area contributed by atoms with Gasteiger partial charge in [-0.15, -0.1) is 0 Å². The van der Waals surface area contributed by atoms with Gasteiger partial charge in [0.15, 0.2) is 0 Å². The highest BCUT2D eigenvalue weighted by Gasteiger charge is 2.23. The highest BCUT2D eigenvalue weighted by molar-refractivity contribution is 6.35. The molecule has 1 aliphatic heterocycles. The minimum absolute atomic E-state index is 0.656. The predicted molar refractivity (Wildman–Crippen MR) is 83.0 cm³/mol. The first kappa shape index (κ1) is 15.1. The van der Waals surface area contributed by atoms with Crippen molar-refractivity contribution in [1.29, 1.82) is 0 Å². The second-order valence-electron chi connectivity index (χ2n) is 5.57. The van der Waals surface area contributed by atoms with Crippen LogP contribution in [0.1, 0.15) is 25.8 Å². The molecule has 2 nitrogen and oxygen atoms in total. The van der Waals surface area contributed by atoms with Gasteiger partial charge in [-0.25, -0.2) is 0 Å². The van der Waals surface area contributed by atoms with Crippen LogP contribution < -0.4 is 5.32 Å². The van der Waals surface area contributed by atoms with Crippen molar-refractivity contribution in [3.8, 4) is 0 Å². The van der Waals surface area contributed by atoms with Crippen LogP contribution in [0.2, 0.25) is 10.0 Å². The van der Waals surface area contributed by atoms with Crippen LogP contribution in [0.15, 0.2) is 18.2 Å². The van der Waals surface area contributed by atoms with E-state index in [9.17, 15) is 0 Å². The number of hydrogen-bond donors (Lipinski definition) is 1. The van der Waals surface area contributed by atoms with Crippen molar-refractivity contribution in [3.05, 3.63) is 33.8 Å². The molecule has 106 valence electrons. The maximum absolute atomic E-state index is 6.16. The Hall–Kier alpha value is -0.280. The molecule has 0 bridgehead atoms. The first-order valence-corrected chi connectivity index (χ1v) is 7.71. The summed E-state index contributed by atoms with van der Waals surface area (Å²) in [6, 6.07) is 6.31. The van der Waals surface area contributed by atoms with E-state index < -0.39 is 0 Å². The van der Waals surface area contributed by atoms with Gasteiger partial charge < -0.3 is 10.2 Å². The summed E-state index contributed by atoms with van der Waals surface area (Å²) in [4.78, 5) is 2.54. The van der Waals surface area contributed by atoms with E-state index in [0.717, 1.165) is 34.6 Å². The molecular weight excluding hydrogens is 279 g/mol. The predicted octanol–water partition coefficient (Wildman–Crippen LogP) is 3.81. The fourth-order valence-corrected chi connectivity index (χ4v) is 3.13. The van der Waals surface area contributed by atoms with Crippen molar-refractivity contribution in [2.24, 2.45) is 5.92 Å². The molecule has 1 unspecified atom stereocenters. The number of benzene rings is 1. The molecule has 4 heteroatoms. The van der Waals surface area contributed by atoms with Crippen LogP contribution in [0.5, 0.6) is 0 Å². The van der Waals surface area contributed by atoms with Crippen molar-refractivity contribution in [2.75, 3.05) is 19.6 Å². The Labute approximate surface area is 126 Å².